The SMILES string of the molecule is Cc1cc(C(C)(C)c2cc(Br)c(OCCO)c(Br)c2)cc(Br)c1COCO. The van der Waals surface area contributed by atoms with Crippen LogP contribution in [-0.2, 0) is 16.8 Å². The van der Waals surface area contributed by atoms with Gasteiger partial charge < -0.3 is 19.7 Å². The molecule has 0 aliphatic carbocycles. The van der Waals surface area contributed by atoms with Gasteiger partial charge in [0.05, 0.1) is 22.2 Å². The van der Waals surface area contributed by atoms with Crippen molar-refractivity contribution in [3.63, 3.8) is 0 Å². The van der Waals surface area contributed by atoms with Crippen LogP contribution in [0.4, 0.5) is 0 Å². The highest BCUT2D eigenvalue weighted by Gasteiger charge is 2.26. The van der Waals surface area contributed by atoms with Gasteiger partial charge in [-0.15, -0.1) is 0 Å². The second-order valence-corrected chi connectivity index (χ2v) is 9.26. The van der Waals surface area contributed by atoms with Gasteiger partial charge >= 0.3 is 0 Å². The van der Waals surface area contributed by atoms with E-state index in [0.717, 1.165) is 35.7 Å². The summed E-state index contributed by atoms with van der Waals surface area (Å²) >= 11 is 10.8. The molecule has 0 spiro atoms. The molecule has 0 heterocycles. The zero-order valence-electron chi connectivity index (χ0n) is 15.5. The number of ether oxygens (including phenoxy) is 2. The fourth-order valence-corrected chi connectivity index (χ4v) is 4.93. The fraction of sp³-hybridized carbons (Fsp3) is 0.400. The molecule has 0 saturated heterocycles. The van der Waals surface area contributed by atoms with Gasteiger partial charge in [-0.25, -0.2) is 0 Å². The van der Waals surface area contributed by atoms with Crippen molar-refractivity contribution >= 4 is 47.8 Å². The van der Waals surface area contributed by atoms with Gasteiger partial charge in [-0.1, -0.05) is 35.8 Å². The molecule has 148 valence electrons. The maximum atomic E-state index is 8.99. The molecule has 0 fully saturated rings. The first-order valence-corrected chi connectivity index (χ1v) is 10.8. The average Bonchev–Trinajstić information content (AvgIpc) is 2.60. The van der Waals surface area contributed by atoms with Gasteiger partial charge in [0.1, 0.15) is 19.1 Å². The van der Waals surface area contributed by atoms with Gasteiger partial charge in [-0.3, -0.25) is 0 Å². The van der Waals surface area contributed by atoms with E-state index in [-0.39, 0.29) is 25.4 Å². The van der Waals surface area contributed by atoms with Gasteiger partial charge in [0.15, 0.2) is 0 Å². The Morgan fingerprint density at radius 3 is 2.00 bits per heavy atom. The highest BCUT2D eigenvalue weighted by atomic mass is 79.9. The minimum atomic E-state index is -0.300. The Labute approximate surface area is 185 Å². The van der Waals surface area contributed by atoms with Crippen LogP contribution in [0, 0.1) is 6.92 Å². The molecule has 0 aliphatic heterocycles. The van der Waals surface area contributed by atoms with Crippen LogP contribution in [0.1, 0.15) is 36.1 Å². The van der Waals surface area contributed by atoms with E-state index >= 15 is 0 Å². The number of aryl methyl sites for hydroxylation is 1. The van der Waals surface area contributed by atoms with Gasteiger partial charge in [0, 0.05) is 9.89 Å². The van der Waals surface area contributed by atoms with Crippen LogP contribution in [0.5, 0.6) is 5.75 Å². The van der Waals surface area contributed by atoms with E-state index in [1.165, 1.54) is 0 Å². The molecule has 0 radical (unpaired) electrons. The monoisotopic (exact) mass is 564 g/mol. The molecule has 0 amide bonds. The summed E-state index contributed by atoms with van der Waals surface area (Å²) in [5.74, 6) is 0.678. The molecule has 0 unspecified atom stereocenters. The van der Waals surface area contributed by atoms with Crippen LogP contribution >= 0.6 is 47.8 Å². The molecule has 7 heteroatoms. The van der Waals surface area contributed by atoms with Crippen molar-refractivity contribution in [1.82, 2.24) is 0 Å². The van der Waals surface area contributed by atoms with Crippen LogP contribution in [-0.4, -0.2) is 30.2 Å². The van der Waals surface area contributed by atoms with E-state index in [9.17, 15) is 0 Å². The first kappa shape index (κ1) is 22.8. The third-order valence-electron chi connectivity index (χ3n) is 4.54. The van der Waals surface area contributed by atoms with Crippen molar-refractivity contribution in [2.24, 2.45) is 0 Å². The maximum Gasteiger partial charge on any atom is 0.147 e. The molecular formula is C20H23Br3O4. The maximum absolute atomic E-state index is 8.99. The molecule has 4 nitrogen and oxygen atoms in total. The highest BCUT2D eigenvalue weighted by Crippen LogP contribution is 2.41. The molecule has 2 rings (SSSR count). The number of benzene rings is 2. The Morgan fingerprint density at radius 2 is 1.48 bits per heavy atom. The first-order valence-electron chi connectivity index (χ1n) is 8.43. The quantitative estimate of drug-likeness (QED) is 0.418. The van der Waals surface area contributed by atoms with Crippen LogP contribution in [0.25, 0.3) is 0 Å². The van der Waals surface area contributed by atoms with Crippen molar-refractivity contribution in [2.45, 2.75) is 32.8 Å². The lowest BCUT2D eigenvalue weighted by atomic mass is 9.77. The first-order chi connectivity index (χ1) is 12.7. The molecule has 0 bridgehead atoms. The fourth-order valence-electron chi connectivity index (χ4n) is 2.84. The molecule has 0 aliphatic rings. The van der Waals surface area contributed by atoms with Gasteiger partial charge in [-0.05, 0) is 79.2 Å². The van der Waals surface area contributed by atoms with Gasteiger partial charge in [0.2, 0.25) is 0 Å². The number of rotatable bonds is 8. The highest BCUT2D eigenvalue weighted by molar-refractivity contribution is 9.11. The molecule has 0 aromatic heterocycles. The van der Waals surface area contributed by atoms with E-state index in [0.29, 0.717) is 12.4 Å². The minimum absolute atomic E-state index is 0.0359. The third-order valence-corrected chi connectivity index (χ3v) is 6.42. The molecule has 2 aromatic rings. The molecule has 0 atom stereocenters. The van der Waals surface area contributed by atoms with E-state index in [4.69, 9.17) is 19.7 Å². The van der Waals surface area contributed by atoms with E-state index in [2.05, 4.69) is 73.8 Å². The second kappa shape index (κ2) is 9.85. The molecular weight excluding hydrogens is 544 g/mol. The lowest BCUT2D eigenvalue weighted by Crippen LogP contribution is -2.20. The van der Waals surface area contributed by atoms with Gasteiger partial charge in [-0.2, -0.15) is 0 Å². The third kappa shape index (κ3) is 5.34. The topological polar surface area (TPSA) is 58.9 Å². The van der Waals surface area contributed by atoms with Crippen LogP contribution in [0.3, 0.4) is 0 Å². The summed E-state index contributed by atoms with van der Waals surface area (Å²) in [5.41, 5.74) is 4.14. The van der Waals surface area contributed by atoms with E-state index < -0.39 is 0 Å². The normalized spacial score (nSPS) is 11.7. The number of halogens is 3. The Bertz CT molecular complexity index is 694. The standard InChI is InChI=1S/C20H23Br3O4/c1-12-6-13(7-16(21)15(12)10-26-11-25)20(2,3)14-8-17(22)19(18(23)9-14)27-5-4-24/h6-9,24-25H,4-5,10-11H2,1-3H3. The summed E-state index contributed by atoms with van der Waals surface area (Å²) < 4.78 is 13.4. The van der Waals surface area contributed by atoms with Crippen LogP contribution in [0.15, 0.2) is 37.7 Å². The molecule has 2 aromatic carbocycles. The number of aliphatic hydroxyl groups excluding tert-OH is 2. The Kier molecular flexibility index (Phi) is 8.34. The summed E-state index contributed by atoms with van der Waals surface area (Å²) in [6.45, 7) is 6.64. The van der Waals surface area contributed by atoms with Crippen molar-refractivity contribution in [1.29, 1.82) is 0 Å². The summed E-state index contributed by atoms with van der Waals surface area (Å²) in [7, 11) is 0. The number of aliphatic hydroxyl groups is 2. The Hall–Kier alpha value is -0.440. The largest absolute Gasteiger partial charge is 0.489 e. The van der Waals surface area contributed by atoms with Crippen molar-refractivity contribution in [3.05, 3.63) is 59.9 Å². The predicted molar refractivity (Wildman–Crippen MR) is 117 cm³/mol. The van der Waals surface area contributed by atoms with E-state index in [1.54, 1.807) is 0 Å². The Morgan fingerprint density at radius 1 is 0.926 bits per heavy atom. The second-order valence-electron chi connectivity index (χ2n) is 6.70. The summed E-state index contributed by atoms with van der Waals surface area (Å²) in [6.07, 6.45) is 0. The van der Waals surface area contributed by atoms with E-state index in [1.807, 2.05) is 19.1 Å². The molecule has 2 N–H and O–H groups in total. The van der Waals surface area contributed by atoms with Gasteiger partial charge in [0.25, 0.3) is 0 Å². The van der Waals surface area contributed by atoms with Crippen molar-refractivity contribution in [3.8, 4) is 5.75 Å². The molecule has 0 saturated carbocycles. The average molecular weight is 567 g/mol. The number of hydrogen-bond acceptors (Lipinski definition) is 4. The lowest BCUT2D eigenvalue weighted by molar-refractivity contribution is -0.0116. The van der Waals surface area contributed by atoms with Crippen LogP contribution < -0.4 is 4.74 Å². The Balaban J connectivity index is 2.43. The molecule has 27 heavy (non-hydrogen) atoms. The van der Waals surface area contributed by atoms with Crippen molar-refractivity contribution < 1.29 is 19.7 Å². The lowest BCUT2D eigenvalue weighted by Gasteiger charge is -2.28. The number of hydrogen-bond donors (Lipinski definition) is 2. The van der Waals surface area contributed by atoms with Crippen molar-refractivity contribution in [2.75, 3.05) is 20.0 Å². The summed E-state index contributed by atoms with van der Waals surface area (Å²) in [5, 5.41) is 17.9. The zero-order chi connectivity index (χ0) is 20.2. The zero-order valence-corrected chi connectivity index (χ0v) is 20.2. The summed E-state index contributed by atoms with van der Waals surface area (Å²) in [6, 6.07) is 8.34. The van der Waals surface area contributed by atoms with Crippen LogP contribution in [0.2, 0.25) is 0 Å². The smallest absolute Gasteiger partial charge is 0.147 e. The predicted octanol–water partition coefficient (Wildman–Crippen LogP) is 5.45. The summed E-state index contributed by atoms with van der Waals surface area (Å²) in [4.78, 5) is 0. The minimum Gasteiger partial charge on any atom is -0.489 e.